The summed E-state index contributed by atoms with van der Waals surface area (Å²) < 4.78 is 24.2. The van der Waals surface area contributed by atoms with Crippen LogP contribution in [-0.4, -0.2) is 37.1 Å². The van der Waals surface area contributed by atoms with Crippen molar-refractivity contribution in [3.63, 3.8) is 0 Å². The summed E-state index contributed by atoms with van der Waals surface area (Å²) in [4.78, 5) is 14.0. The highest BCUT2D eigenvalue weighted by atomic mass is 35.5. The molecule has 1 unspecified atom stereocenters. The molecular formula is C18H17ClFNO3. The number of ether oxygens (including phenoxy) is 2. The van der Waals surface area contributed by atoms with E-state index in [-0.39, 0.29) is 24.4 Å². The first kappa shape index (κ1) is 16.7. The van der Waals surface area contributed by atoms with Gasteiger partial charge in [0.1, 0.15) is 17.7 Å². The molecule has 0 spiro atoms. The minimum Gasteiger partial charge on any atom is -0.484 e. The maximum absolute atomic E-state index is 13.0. The fourth-order valence-corrected chi connectivity index (χ4v) is 2.65. The second-order valence-corrected chi connectivity index (χ2v) is 5.93. The van der Waals surface area contributed by atoms with E-state index in [0.717, 1.165) is 5.56 Å². The minimum atomic E-state index is -0.293. The van der Waals surface area contributed by atoms with Crippen LogP contribution < -0.4 is 4.74 Å². The molecular weight excluding hydrogens is 333 g/mol. The fraction of sp³-hybridized carbons (Fsp3) is 0.278. The normalized spacial score (nSPS) is 17.6. The van der Waals surface area contributed by atoms with E-state index in [0.29, 0.717) is 30.5 Å². The topological polar surface area (TPSA) is 38.8 Å². The number of hydrogen-bond donors (Lipinski definition) is 0. The molecule has 0 aliphatic carbocycles. The van der Waals surface area contributed by atoms with E-state index in [2.05, 4.69) is 0 Å². The molecule has 1 aliphatic rings. The number of hydrogen-bond acceptors (Lipinski definition) is 3. The second-order valence-electron chi connectivity index (χ2n) is 5.49. The molecule has 1 amide bonds. The quantitative estimate of drug-likeness (QED) is 0.848. The molecule has 0 N–H and O–H groups in total. The summed E-state index contributed by atoms with van der Waals surface area (Å²) in [6.07, 6.45) is -0.251. The van der Waals surface area contributed by atoms with Crippen LogP contribution in [0.4, 0.5) is 4.39 Å². The first-order valence-corrected chi connectivity index (χ1v) is 8.03. The van der Waals surface area contributed by atoms with E-state index >= 15 is 0 Å². The number of carbonyl (C=O) groups excluding carboxylic acids is 1. The lowest BCUT2D eigenvalue weighted by Gasteiger charge is -2.33. The van der Waals surface area contributed by atoms with Crippen molar-refractivity contribution >= 4 is 17.5 Å². The molecule has 0 bridgehead atoms. The van der Waals surface area contributed by atoms with Gasteiger partial charge in [-0.2, -0.15) is 0 Å². The van der Waals surface area contributed by atoms with Crippen LogP contribution in [0.3, 0.4) is 0 Å². The summed E-state index contributed by atoms with van der Waals surface area (Å²) in [5.74, 6) is 0.190. The van der Waals surface area contributed by atoms with Gasteiger partial charge in [0.05, 0.1) is 13.2 Å². The van der Waals surface area contributed by atoms with Crippen molar-refractivity contribution in [3.05, 3.63) is 64.9 Å². The zero-order valence-electron chi connectivity index (χ0n) is 13.0. The Morgan fingerprint density at radius 1 is 1.21 bits per heavy atom. The zero-order chi connectivity index (χ0) is 16.9. The lowest BCUT2D eigenvalue weighted by Crippen LogP contribution is -2.44. The molecule has 2 aromatic carbocycles. The van der Waals surface area contributed by atoms with Crippen molar-refractivity contribution in [3.8, 4) is 5.75 Å². The molecule has 0 radical (unpaired) electrons. The minimum absolute atomic E-state index is 0.0439. The van der Waals surface area contributed by atoms with Crippen molar-refractivity contribution in [2.45, 2.75) is 6.10 Å². The summed E-state index contributed by atoms with van der Waals surface area (Å²) in [6.45, 7) is 1.33. The van der Waals surface area contributed by atoms with Crippen LogP contribution in [0.25, 0.3) is 0 Å². The van der Waals surface area contributed by atoms with Gasteiger partial charge in [-0.25, -0.2) is 4.39 Å². The molecule has 126 valence electrons. The van der Waals surface area contributed by atoms with Crippen LogP contribution in [0.5, 0.6) is 5.75 Å². The standard InChI is InChI=1S/C18H17ClFNO3/c19-14-3-7-16(8-4-14)24-12-18(22)21-9-10-23-17(11-21)13-1-5-15(20)6-2-13/h1-8,17H,9-12H2. The number of morpholine rings is 1. The number of amides is 1. The van der Waals surface area contributed by atoms with E-state index < -0.39 is 0 Å². The van der Waals surface area contributed by atoms with Crippen LogP contribution in [0.1, 0.15) is 11.7 Å². The van der Waals surface area contributed by atoms with Crippen LogP contribution in [0.2, 0.25) is 5.02 Å². The van der Waals surface area contributed by atoms with E-state index in [4.69, 9.17) is 21.1 Å². The molecule has 1 heterocycles. The van der Waals surface area contributed by atoms with E-state index in [9.17, 15) is 9.18 Å². The highest BCUT2D eigenvalue weighted by molar-refractivity contribution is 6.30. The summed E-state index contributed by atoms with van der Waals surface area (Å²) >= 11 is 5.81. The number of nitrogens with zero attached hydrogens (tertiary/aromatic N) is 1. The monoisotopic (exact) mass is 349 g/mol. The molecule has 2 aromatic rings. The van der Waals surface area contributed by atoms with Crippen LogP contribution in [0, 0.1) is 5.82 Å². The van der Waals surface area contributed by atoms with Crippen molar-refractivity contribution in [1.29, 1.82) is 0 Å². The Bertz CT molecular complexity index is 690. The fourth-order valence-electron chi connectivity index (χ4n) is 2.52. The Hall–Kier alpha value is -2.11. The van der Waals surface area contributed by atoms with Gasteiger partial charge < -0.3 is 14.4 Å². The Labute approximate surface area is 144 Å². The first-order valence-electron chi connectivity index (χ1n) is 7.65. The lowest BCUT2D eigenvalue weighted by molar-refractivity contribution is -0.141. The first-order chi connectivity index (χ1) is 11.6. The van der Waals surface area contributed by atoms with Gasteiger partial charge in [0, 0.05) is 11.6 Å². The molecule has 4 nitrogen and oxygen atoms in total. The van der Waals surface area contributed by atoms with Crippen LogP contribution in [-0.2, 0) is 9.53 Å². The molecule has 1 saturated heterocycles. The second kappa shape index (κ2) is 7.64. The Morgan fingerprint density at radius 3 is 2.62 bits per heavy atom. The zero-order valence-corrected chi connectivity index (χ0v) is 13.7. The maximum atomic E-state index is 13.0. The van der Waals surface area contributed by atoms with Gasteiger partial charge in [0.15, 0.2) is 6.61 Å². The highest BCUT2D eigenvalue weighted by Crippen LogP contribution is 2.23. The summed E-state index contributed by atoms with van der Waals surface area (Å²) in [7, 11) is 0. The lowest BCUT2D eigenvalue weighted by atomic mass is 10.1. The Balaban J connectivity index is 1.56. The Kier molecular flexibility index (Phi) is 5.33. The number of rotatable bonds is 4. The van der Waals surface area contributed by atoms with Crippen LogP contribution in [0.15, 0.2) is 48.5 Å². The molecule has 6 heteroatoms. The third-order valence-corrected chi connectivity index (χ3v) is 4.09. The summed E-state index contributed by atoms with van der Waals surface area (Å²) in [6, 6.07) is 13.0. The van der Waals surface area contributed by atoms with Crippen molar-refractivity contribution in [2.24, 2.45) is 0 Å². The smallest absolute Gasteiger partial charge is 0.260 e. The van der Waals surface area contributed by atoms with Gasteiger partial charge in [0.25, 0.3) is 5.91 Å². The van der Waals surface area contributed by atoms with Gasteiger partial charge in [0.2, 0.25) is 0 Å². The molecule has 1 atom stereocenters. The van der Waals surface area contributed by atoms with Gasteiger partial charge in [-0.3, -0.25) is 4.79 Å². The average molecular weight is 350 g/mol. The third kappa shape index (κ3) is 4.24. The van der Waals surface area contributed by atoms with Gasteiger partial charge in [-0.05, 0) is 42.0 Å². The van der Waals surface area contributed by atoms with Gasteiger partial charge >= 0.3 is 0 Å². The van der Waals surface area contributed by atoms with Crippen LogP contribution >= 0.6 is 11.6 Å². The molecule has 0 aromatic heterocycles. The van der Waals surface area contributed by atoms with Crippen molar-refractivity contribution in [1.82, 2.24) is 4.90 Å². The van der Waals surface area contributed by atoms with Gasteiger partial charge in [-0.15, -0.1) is 0 Å². The maximum Gasteiger partial charge on any atom is 0.260 e. The summed E-state index contributed by atoms with van der Waals surface area (Å²) in [5.41, 5.74) is 0.854. The van der Waals surface area contributed by atoms with E-state index in [1.165, 1.54) is 12.1 Å². The molecule has 0 saturated carbocycles. The highest BCUT2D eigenvalue weighted by Gasteiger charge is 2.25. The number of benzene rings is 2. The van der Waals surface area contributed by atoms with E-state index in [1.54, 1.807) is 41.3 Å². The number of halogens is 2. The molecule has 24 heavy (non-hydrogen) atoms. The average Bonchev–Trinajstić information content (AvgIpc) is 2.62. The van der Waals surface area contributed by atoms with E-state index in [1.807, 2.05) is 0 Å². The summed E-state index contributed by atoms with van der Waals surface area (Å²) in [5, 5.41) is 0.615. The van der Waals surface area contributed by atoms with Gasteiger partial charge in [-0.1, -0.05) is 23.7 Å². The third-order valence-electron chi connectivity index (χ3n) is 3.84. The molecule has 1 fully saturated rings. The largest absolute Gasteiger partial charge is 0.484 e. The SMILES string of the molecule is O=C(COc1ccc(Cl)cc1)N1CCOC(c2ccc(F)cc2)C1. The van der Waals surface area contributed by atoms with Crippen molar-refractivity contribution < 1.29 is 18.7 Å². The predicted octanol–water partition coefficient (Wildman–Crippen LogP) is 3.46. The molecule has 3 rings (SSSR count). The van der Waals surface area contributed by atoms with Crippen molar-refractivity contribution in [2.75, 3.05) is 26.3 Å². The Morgan fingerprint density at radius 2 is 1.92 bits per heavy atom. The molecule has 1 aliphatic heterocycles. The predicted molar refractivity (Wildman–Crippen MR) is 88.6 cm³/mol. The number of carbonyl (C=O) groups is 1.